The Balaban J connectivity index is 1.53. The fourth-order valence-corrected chi connectivity index (χ4v) is 2.47. The van der Waals surface area contributed by atoms with Gasteiger partial charge in [-0.25, -0.2) is 9.97 Å². The van der Waals surface area contributed by atoms with Crippen LogP contribution in [-0.2, 0) is 0 Å². The highest BCUT2D eigenvalue weighted by molar-refractivity contribution is 6.05. The van der Waals surface area contributed by atoms with E-state index in [1.807, 2.05) is 13.0 Å². The molecule has 0 saturated carbocycles. The van der Waals surface area contributed by atoms with Gasteiger partial charge in [-0.1, -0.05) is 11.2 Å². The number of hydrogen-bond donors (Lipinski definition) is 2. The largest absolute Gasteiger partial charge is 0.339 e. The topological polar surface area (TPSA) is 106 Å². The molecule has 0 aliphatic rings. The quantitative estimate of drug-likeness (QED) is 0.584. The lowest BCUT2D eigenvalue weighted by molar-refractivity contribution is 0.102. The Bertz CT molecular complexity index is 1080. The molecule has 26 heavy (non-hydrogen) atoms. The van der Waals surface area contributed by atoms with Crippen molar-refractivity contribution in [3.8, 4) is 0 Å². The summed E-state index contributed by atoms with van der Waals surface area (Å²) in [6.07, 6.45) is 6.33. The zero-order valence-electron chi connectivity index (χ0n) is 13.8. The highest BCUT2D eigenvalue weighted by Crippen LogP contribution is 2.21. The molecule has 3 heterocycles. The van der Waals surface area contributed by atoms with Crippen molar-refractivity contribution in [1.29, 1.82) is 0 Å². The Morgan fingerprint density at radius 1 is 1.08 bits per heavy atom. The maximum atomic E-state index is 12.5. The Morgan fingerprint density at radius 3 is 2.85 bits per heavy atom. The molecular weight excluding hydrogens is 332 g/mol. The predicted octanol–water partition coefficient (Wildman–Crippen LogP) is 3.32. The number of carbonyl (C=O) groups is 1. The van der Waals surface area contributed by atoms with Gasteiger partial charge in [-0.2, -0.15) is 0 Å². The van der Waals surface area contributed by atoms with Gasteiger partial charge in [-0.15, -0.1) is 0 Å². The Kier molecular flexibility index (Phi) is 3.98. The molecule has 4 rings (SSSR count). The minimum absolute atomic E-state index is 0.247. The number of rotatable bonds is 4. The molecule has 1 aromatic carbocycles. The molecule has 0 aliphatic heterocycles. The number of pyridine rings is 1. The lowest BCUT2D eigenvalue weighted by Crippen LogP contribution is -2.12. The van der Waals surface area contributed by atoms with E-state index < -0.39 is 0 Å². The van der Waals surface area contributed by atoms with Crippen LogP contribution < -0.4 is 10.6 Å². The van der Waals surface area contributed by atoms with Gasteiger partial charge in [-0.3, -0.25) is 9.78 Å². The first-order chi connectivity index (χ1) is 12.7. The zero-order chi connectivity index (χ0) is 17.9. The van der Waals surface area contributed by atoms with E-state index in [9.17, 15) is 4.79 Å². The van der Waals surface area contributed by atoms with Crippen molar-refractivity contribution in [2.75, 3.05) is 10.6 Å². The van der Waals surface area contributed by atoms with Gasteiger partial charge < -0.3 is 15.2 Å². The second-order valence-electron chi connectivity index (χ2n) is 5.60. The molecule has 1 amide bonds. The number of carbonyl (C=O) groups excluding carboxylic acids is 1. The van der Waals surface area contributed by atoms with Gasteiger partial charge in [0, 0.05) is 23.6 Å². The van der Waals surface area contributed by atoms with Crippen LogP contribution in [-0.4, -0.2) is 26.0 Å². The van der Waals surface area contributed by atoms with Crippen LogP contribution in [0.25, 0.3) is 11.1 Å². The third kappa shape index (κ3) is 3.20. The highest BCUT2D eigenvalue weighted by Gasteiger charge is 2.10. The standard InChI is InChI=1S/C18H14N6O2/c1-11-15-8-14(9-21-18(15)26-24-11)23-17(25)12-3-2-4-13(7-12)22-16-10-19-5-6-20-16/h2-10H,1H3,(H,20,22)(H,23,25). The number of nitrogens with zero attached hydrogens (tertiary/aromatic N) is 4. The summed E-state index contributed by atoms with van der Waals surface area (Å²) in [6, 6.07) is 8.89. The number of aryl methyl sites for hydroxylation is 1. The molecule has 0 radical (unpaired) electrons. The van der Waals surface area contributed by atoms with Crippen LogP contribution in [0.15, 0.2) is 59.6 Å². The number of benzene rings is 1. The second-order valence-corrected chi connectivity index (χ2v) is 5.60. The Morgan fingerprint density at radius 2 is 2.00 bits per heavy atom. The fraction of sp³-hybridized carbons (Fsp3) is 0.0556. The molecule has 128 valence electrons. The molecule has 8 nitrogen and oxygen atoms in total. The summed E-state index contributed by atoms with van der Waals surface area (Å²) in [4.78, 5) is 24.8. The molecule has 3 aromatic heterocycles. The highest BCUT2D eigenvalue weighted by atomic mass is 16.5. The lowest BCUT2D eigenvalue weighted by atomic mass is 10.2. The van der Waals surface area contributed by atoms with Gasteiger partial charge in [0.05, 0.1) is 29.2 Å². The maximum Gasteiger partial charge on any atom is 0.258 e. The molecule has 2 N–H and O–H groups in total. The SMILES string of the molecule is Cc1noc2ncc(NC(=O)c3cccc(Nc4cnccn4)c3)cc12. The Hall–Kier alpha value is -3.81. The average molecular weight is 346 g/mol. The van der Waals surface area contributed by atoms with Crippen LogP contribution in [0, 0.1) is 6.92 Å². The van der Waals surface area contributed by atoms with Crippen molar-refractivity contribution in [3.63, 3.8) is 0 Å². The van der Waals surface area contributed by atoms with Gasteiger partial charge in [0.2, 0.25) is 0 Å². The van der Waals surface area contributed by atoms with Crippen molar-refractivity contribution < 1.29 is 9.32 Å². The van der Waals surface area contributed by atoms with E-state index in [4.69, 9.17) is 4.52 Å². The third-order valence-corrected chi connectivity index (χ3v) is 3.73. The molecule has 0 unspecified atom stereocenters. The number of anilines is 3. The second kappa shape index (κ2) is 6.60. The van der Waals surface area contributed by atoms with Crippen LogP contribution in [0.2, 0.25) is 0 Å². The van der Waals surface area contributed by atoms with E-state index in [0.717, 1.165) is 16.8 Å². The molecule has 0 aliphatic carbocycles. The van der Waals surface area contributed by atoms with Gasteiger partial charge in [0.15, 0.2) is 0 Å². The Labute approximate surface area is 148 Å². The minimum Gasteiger partial charge on any atom is -0.339 e. The predicted molar refractivity (Wildman–Crippen MR) is 96.3 cm³/mol. The molecule has 0 fully saturated rings. The smallest absolute Gasteiger partial charge is 0.258 e. The first-order valence-corrected chi connectivity index (χ1v) is 7.85. The minimum atomic E-state index is -0.247. The number of hydrogen-bond acceptors (Lipinski definition) is 7. The van der Waals surface area contributed by atoms with Gasteiger partial charge in [0.25, 0.3) is 11.6 Å². The van der Waals surface area contributed by atoms with Gasteiger partial charge in [-0.05, 0) is 31.2 Å². The molecule has 0 spiro atoms. The molecule has 0 saturated heterocycles. The van der Waals surface area contributed by atoms with Crippen molar-refractivity contribution in [1.82, 2.24) is 20.1 Å². The first kappa shape index (κ1) is 15.7. The fourth-order valence-electron chi connectivity index (χ4n) is 2.47. The van der Waals surface area contributed by atoms with Crippen LogP contribution in [0.5, 0.6) is 0 Å². The number of amides is 1. The third-order valence-electron chi connectivity index (χ3n) is 3.73. The first-order valence-electron chi connectivity index (χ1n) is 7.85. The van der Waals surface area contributed by atoms with Crippen LogP contribution in [0.3, 0.4) is 0 Å². The molecule has 4 aromatic rings. The van der Waals surface area contributed by atoms with Crippen LogP contribution in [0.4, 0.5) is 17.2 Å². The number of fused-ring (bicyclic) bond motifs is 1. The molecule has 0 atom stereocenters. The number of nitrogens with one attached hydrogen (secondary N) is 2. The van der Waals surface area contributed by atoms with Crippen LogP contribution >= 0.6 is 0 Å². The summed E-state index contributed by atoms with van der Waals surface area (Å²) in [5.41, 5.74) is 2.97. The van der Waals surface area contributed by atoms with Crippen molar-refractivity contribution in [3.05, 3.63) is 66.4 Å². The normalized spacial score (nSPS) is 10.7. The van der Waals surface area contributed by atoms with E-state index in [2.05, 4.69) is 30.7 Å². The van der Waals surface area contributed by atoms with Crippen molar-refractivity contribution in [2.24, 2.45) is 0 Å². The van der Waals surface area contributed by atoms with Crippen LogP contribution in [0.1, 0.15) is 16.1 Å². The van der Waals surface area contributed by atoms with Gasteiger partial charge >= 0.3 is 0 Å². The van der Waals surface area contributed by atoms with E-state index in [1.54, 1.807) is 42.9 Å². The van der Waals surface area contributed by atoms with E-state index >= 15 is 0 Å². The monoisotopic (exact) mass is 346 g/mol. The molecule has 0 bridgehead atoms. The lowest BCUT2D eigenvalue weighted by Gasteiger charge is -2.08. The zero-order valence-corrected chi connectivity index (χ0v) is 13.8. The summed E-state index contributed by atoms with van der Waals surface area (Å²) in [6.45, 7) is 1.82. The maximum absolute atomic E-state index is 12.5. The molecular formula is C18H14N6O2. The summed E-state index contributed by atoms with van der Waals surface area (Å²) in [5, 5.41) is 10.6. The van der Waals surface area contributed by atoms with E-state index in [0.29, 0.717) is 22.8 Å². The van der Waals surface area contributed by atoms with Crippen molar-refractivity contribution in [2.45, 2.75) is 6.92 Å². The average Bonchev–Trinajstić information content (AvgIpc) is 3.03. The molecule has 8 heteroatoms. The van der Waals surface area contributed by atoms with Gasteiger partial charge in [0.1, 0.15) is 5.82 Å². The summed E-state index contributed by atoms with van der Waals surface area (Å²) >= 11 is 0. The van der Waals surface area contributed by atoms with E-state index in [1.165, 1.54) is 6.20 Å². The van der Waals surface area contributed by atoms with E-state index in [-0.39, 0.29) is 5.91 Å². The van der Waals surface area contributed by atoms with Crippen molar-refractivity contribution >= 4 is 34.2 Å². The summed E-state index contributed by atoms with van der Waals surface area (Å²) in [7, 11) is 0. The summed E-state index contributed by atoms with van der Waals surface area (Å²) in [5.74, 6) is 0.352. The summed E-state index contributed by atoms with van der Waals surface area (Å²) < 4.78 is 5.07. The number of aromatic nitrogens is 4.